The van der Waals surface area contributed by atoms with Crippen molar-refractivity contribution >= 4 is 22.8 Å². The number of rotatable bonds is 9. The van der Waals surface area contributed by atoms with Crippen LogP contribution in [0.4, 0.5) is 0 Å². The molecule has 0 saturated heterocycles. The number of hydrogen-bond acceptors (Lipinski definition) is 4. The molecule has 0 aliphatic heterocycles. The van der Waals surface area contributed by atoms with Gasteiger partial charge in [0.1, 0.15) is 5.75 Å². The molecule has 1 rings (SSSR count). The van der Waals surface area contributed by atoms with Crippen LogP contribution in [-0.4, -0.2) is 24.9 Å². The number of esters is 1. The molecule has 0 saturated carbocycles. The van der Waals surface area contributed by atoms with Crippen LogP contribution in [0.1, 0.15) is 81.9 Å². The number of halogens is 1. The number of carbonyl (C=O) groups is 2. The van der Waals surface area contributed by atoms with Crippen molar-refractivity contribution in [3.05, 3.63) is 28.8 Å². The van der Waals surface area contributed by atoms with Gasteiger partial charge in [0, 0.05) is 12.3 Å². The van der Waals surface area contributed by atoms with Crippen LogP contribution in [0.25, 0.3) is 0 Å². The predicted octanol–water partition coefficient (Wildman–Crippen LogP) is 5.13. The Hall–Kier alpha value is -1.55. The number of hydrogen-bond donors (Lipinski definition) is 0. The molecule has 5 heteroatoms. The van der Waals surface area contributed by atoms with Gasteiger partial charge in [0.15, 0.2) is 0 Å². The van der Waals surface area contributed by atoms with Crippen molar-refractivity contribution in [1.29, 1.82) is 0 Å². The summed E-state index contributed by atoms with van der Waals surface area (Å²) in [6.45, 7) is 10.5. The van der Waals surface area contributed by atoms with Gasteiger partial charge >= 0.3 is 5.97 Å². The molecule has 0 bridgehead atoms. The molecule has 0 fully saturated rings. The molecule has 0 radical (unpaired) electrons. The smallest absolute Gasteiger partial charge is 0.306 e. The summed E-state index contributed by atoms with van der Waals surface area (Å²) in [6.07, 6.45) is 0.232. The minimum atomic E-state index is -0.456. The third kappa shape index (κ3) is 6.03. The van der Waals surface area contributed by atoms with Gasteiger partial charge in [-0.05, 0) is 47.1 Å². The first-order chi connectivity index (χ1) is 11.7. The second-order valence-electron chi connectivity index (χ2n) is 6.81. The number of carbonyl (C=O) groups excluding carboxylic acids is 2. The summed E-state index contributed by atoms with van der Waals surface area (Å²) < 4.78 is 10.7. The lowest BCUT2D eigenvalue weighted by Crippen LogP contribution is -2.14. The zero-order valence-corrected chi connectivity index (χ0v) is 16.8. The Balaban J connectivity index is 3.41. The van der Waals surface area contributed by atoms with E-state index in [1.165, 1.54) is 0 Å². The molecule has 0 amide bonds. The maximum Gasteiger partial charge on any atom is 0.306 e. The second-order valence-corrected chi connectivity index (χ2v) is 7.23. The Morgan fingerprint density at radius 3 is 1.92 bits per heavy atom. The molecule has 4 nitrogen and oxygen atoms in total. The van der Waals surface area contributed by atoms with Crippen LogP contribution in [0.3, 0.4) is 0 Å². The van der Waals surface area contributed by atoms with Crippen LogP contribution in [0.15, 0.2) is 12.1 Å². The highest BCUT2D eigenvalue weighted by Crippen LogP contribution is 2.39. The van der Waals surface area contributed by atoms with Crippen LogP contribution in [0.5, 0.6) is 5.75 Å². The fraction of sp³-hybridized carbons (Fsp3) is 0.600. The lowest BCUT2D eigenvalue weighted by Gasteiger charge is -2.23. The molecule has 0 heterocycles. The number of benzene rings is 1. The van der Waals surface area contributed by atoms with E-state index in [1.807, 2.05) is 12.1 Å². The van der Waals surface area contributed by atoms with E-state index in [2.05, 4.69) is 27.7 Å². The summed E-state index contributed by atoms with van der Waals surface area (Å²) in [4.78, 5) is 23.5. The Morgan fingerprint density at radius 2 is 1.56 bits per heavy atom. The highest BCUT2D eigenvalue weighted by molar-refractivity contribution is 6.63. The summed E-state index contributed by atoms with van der Waals surface area (Å²) in [5.41, 5.74) is 3.06. The maximum atomic E-state index is 12.0. The minimum absolute atomic E-state index is 0.0990. The van der Waals surface area contributed by atoms with Crippen LogP contribution in [0.2, 0.25) is 0 Å². The van der Waals surface area contributed by atoms with Crippen LogP contribution < -0.4 is 4.74 Å². The molecule has 25 heavy (non-hydrogen) atoms. The van der Waals surface area contributed by atoms with Crippen molar-refractivity contribution in [2.75, 3.05) is 13.7 Å². The van der Waals surface area contributed by atoms with Gasteiger partial charge in [-0.3, -0.25) is 9.59 Å². The lowest BCUT2D eigenvalue weighted by molar-refractivity contribution is -0.143. The van der Waals surface area contributed by atoms with Crippen molar-refractivity contribution in [2.45, 2.75) is 65.2 Å². The van der Waals surface area contributed by atoms with E-state index in [-0.39, 0.29) is 36.6 Å². The van der Waals surface area contributed by atoms with Crippen molar-refractivity contribution < 1.29 is 19.1 Å². The van der Waals surface area contributed by atoms with E-state index in [4.69, 9.17) is 21.1 Å². The zero-order valence-electron chi connectivity index (χ0n) is 16.0. The molecule has 140 valence electrons. The highest BCUT2D eigenvalue weighted by Gasteiger charge is 2.24. The normalized spacial score (nSPS) is 12.4. The van der Waals surface area contributed by atoms with Gasteiger partial charge in [-0.2, -0.15) is 0 Å². The van der Waals surface area contributed by atoms with Gasteiger partial charge in [-0.25, -0.2) is 0 Å². The zero-order chi connectivity index (χ0) is 19.1. The third-order valence-corrected chi connectivity index (χ3v) is 4.37. The van der Waals surface area contributed by atoms with E-state index < -0.39 is 5.24 Å². The Morgan fingerprint density at radius 1 is 1.04 bits per heavy atom. The van der Waals surface area contributed by atoms with Crippen molar-refractivity contribution in [3.8, 4) is 5.75 Å². The first-order valence-electron chi connectivity index (χ1n) is 8.76. The van der Waals surface area contributed by atoms with E-state index in [9.17, 15) is 9.59 Å². The van der Waals surface area contributed by atoms with Crippen LogP contribution in [-0.2, 0) is 14.3 Å². The molecule has 1 aromatic rings. The van der Waals surface area contributed by atoms with Crippen LogP contribution in [0, 0.1) is 0 Å². The highest BCUT2D eigenvalue weighted by atomic mass is 35.5. The predicted molar refractivity (Wildman–Crippen MR) is 101 cm³/mol. The SMILES string of the molecule is CCOC(=O)CC(CC(=O)Cl)c1cc(C(C)C)c(OC)c(C(C)C)c1. The maximum absolute atomic E-state index is 12.0. The van der Waals surface area contributed by atoms with Gasteiger partial charge in [0.25, 0.3) is 0 Å². The quantitative estimate of drug-likeness (QED) is 0.447. The number of methoxy groups -OCH3 is 1. The van der Waals surface area contributed by atoms with Crippen LogP contribution >= 0.6 is 11.6 Å². The van der Waals surface area contributed by atoms with E-state index in [1.54, 1.807) is 14.0 Å². The number of ether oxygens (including phenoxy) is 2. The molecular weight excluding hydrogens is 340 g/mol. The van der Waals surface area contributed by atoms with Gasteiger partial charge < -0.3 is 9.47 Å². The monoisotopic (exact) mass is 368 g/mol. The van der Waals surface area contributed by atoms with E-state index in [0.29, 0.717) is 6.61 Å². The molecule has 0 aliphatic carbocycles. The summed E-state index contributed by atoms with van der Waals surface area (Å²) in [7, 11) is 1.67. The summed E-state index contributed by atoms with van der Waals surface area (Å²) in [5, 5.41) is -0.456. The van der Waals surface area contributed by atoms with E-state index >= 15 is 0 Å². The third-order valence-electron chi connectivity index (χ3n) is 4.21. The Bertz CT molecular complexity index is 579. The molecule has 1 unspecified atom stereocenters. The molecule has 0 aliphatic rings. The van der Waals surface area contributed by atoms with E-state index in [0.717, 1.165) is 22.4 Å². The molecule has 1 aromatic carbocycles. The largest absolute Gasteiger partial charge is 0.496 e. The molecule has 1 atom stereocenters. The molecule has 0 N–H and O–H groups in total. The average molecular weight is 369 g/mol. The first-order valence-corrected chi connectivity index (χ1v) is 9.14. The average Bonchev–Trinajstić information content (AvgIpc) is 2.52. The molecular formula is C20H29ClO4. The van der Waals surface area contributed by atoms with Gasteiger partial charge in [0.2, 0.25) is 5.24 Å². The fourth-order valence-corrected chi connectivity index (χ4v) is 3.14. The summed E-state index contributed by atoms with van der Waals surface area (Å²) in [6, 6.07) is 4.05. The fourth-order valence-electron chi connectivity index (χ4n) is 2.95. The Kier molecular flexibility index (Phi) is 8.43. The second kappa shape index (κ2) is 9.81. The minimum Gasteiger partial charge on any atom is -0.496 e. The summed E-state index contributed by atoms with van der Waals surface area (Å²) >= 11 is 5.63. The van der Waals surface area contributed by atoms with Gasteiger partial charge in [-0.1, -0.05) is 39.8 Å². The topological polar surface area (TPSA) is 52.6 Å². The lowest BCUT2D eigenvalue weighted by atomic mass is 9.85. The van der Waals surface area contributed by atoms with Gasteiger partial charge in [0.05, 0.1) is 20.1 Å². The molecule has 0 aromatic heterocycles. The standard InChI is InChI=1S/C20H29ClO4/c1-7-25-19(23)11-15(10-18(21)22)14-8-16(12(2)3)20(24-6)17(9-14)13(4)5/h8-9,12-13,15H,7,10-11H2,1-6H3. The molecule has 0 spiro atoms. The van der Waals surface area contributed by atoms with Crippen molar-refractivity contribution in [3.63, 3.8) is 0 Å². The first kappa shape index (κ1) is 21.5. The summed E-state index contributed by atoms with van der Waals surface area (Å²) in [5.74, 6) is 0.758. The van der Waals surface area contributed by atoms with Crippen molar-refractivity contribution in [1.82, 2.24) is 0 Å². The van der Waals surface area contributed by atoms with Gasteiger partial charge in [-0.15, -0.1) is 0 Å². The van der Waals surface area contributed by atoms with Crippen molar-refractivity contribution in [2.24, 2.45) is 0 Å². The Labute approximate surface area is 155 Å².